The van der Waals surface area contributed by atoms with E-state index in [-0.39, 0.29) is 40.6 Å². The molecule has 39 heavy (non-hydrogen) atoms. The van der Waals surface area contributed by atoms with E-state index in [9.17, 15) is 25.3 Å². The van der Waals surface area contributed by atoms with Gasteiger partial charge in [-0.3, -0.25) is 10.1 Å². The van der Waals surface area contributed by atoms with Crippen LogP contribution >= 0.6 is 11.6 Å². The standard InChI is InChI=1S/C29H30ClN3O6/c1-29(2,3)39-28(35)32-12-10-22(11-13-32)38-26-9-8-24(33(36)37)23(27(26)30)16-25(34)20-7-6-19-5-4-18(17-31)14-21(19)15-20/h4-9,14-15,22,25,34H,10-13,16H2,1-3H3. The van der Waals surface area contributed by atoms with E-state index < -0.39 is 16.6 Å². The summed E-state index contributed by atoms with van der Waals surface area (Å²) in [5, 5.41) is 33.8. The van der Waals surface area contributed by atoms with Gasteiger partial charge in [0.25, 0.3) is 5.69 Å². The molecule has 1 fully saturated rings. The number of nitriles is 1. The van der Waals surface area contributed by atoms with Gasteiger partial charge in [0.15, 0.2) is 0 Å². The van der Waals surface area contributed by atoms with Gasteiger partial charge in [-0.2, -0.15) is 5.26 Å². The molecule has 0 saturated carbocycles. The number of aliphatic hydroxyl groups excluding tert-OH is 1. The Hall–Kier alpha value is -3.87. The summed E-state index contributed by atoms with van der Waals surface area (Å²) < 4.78 is 11.5. The molecule has 4 rings (SSSR count). The second-order valence-corrected chi connectivity index (χ2v) is 10.9. The van der Waals surface area contributed by atoms with Crippen molar-refractivity contribution >= 4 is 34.2 Å². The molecule has 3 aromatic carbocycles. The second kappa shape index (κ2) is 11.5. The van der Waals surface area contributed by atoms with Gasteiger partial charge in [0.2, 0.25) is 0 Å². The summed E-state index contributed by atoms with van der Waals surface area (Å²) in [6, 6.07) is 15.5. The highest BCUT2D eigenvalue weighted by molar-refractivity contribution is 6.33. The van der Waals surface area contributed by atoms with Crippen molar-refractivity contribution in [1.82, 2.24) is 4.90 Å². The topological polar surface area (TPSA) is 126 Å². The maximum atomic E-state index is 12.3. The highest BCUT2D eigenvalue weighted by atomic mass is 35.5. The highest BCUT2D eigenvalue weighted by Crippen LogP contribution is 2.39. The molecule has 0 spiro atoms. The lowest BCUT2D eigenvalue weighted by molar-refractivity contribution is -0.385. The van der Waals surface area contributed by atoms with Gasteiger partial charge in [0, 0.05) is 38.4 Å². The van der Waals surface area contributed by atoms with Crippen LogP contribution in [0.3, 0.4) is 0 Å². The number of hydrogen-bond donors (Lipinski definition) is 1. The molecule has 1 saturated heterocycles. The largest absolute Gasteiger partial charge is 0.489 e. The predicted octanol–water partition coefficient (Wildman–Crippen LogP) is 6.33. The highest BCUT2D eigenvalue weighted by Gasteiger charge is 2.29. The number of amides is 1. The summed E-state index contributed by atoms with van der Waals surface area (Å²) in [4.78, 5) is 25.2. The smallest absolute Gasteiger partial charge is 0.410 e. The number of likely N-dealkylation sites (tertiary alicyclic amines) is 1. The Balaban J connectivity index is 1.51. The molecule has 1 atom stereocenters. The number of rotatable bonds is 6. The number of nitro groups is 1. The molecule has 0 aliphatic carbocycles. The van der Waals surface area contributed by atoms with Crippen molar-refractivity contribution in [2.24, 2.45) is 0 Å². The number of ether oxygens (including phenoxy) is 2. The number of fused-ring (bicyclic) bond motifs is 1. The molecule has 0 radical (unpaired) electrons. The zero-order valence-corrected chi connectivity index (χ0v) is 22.8. The van der Waals surface area contributed by atoms with Crippen LogP contribution in [0.4, 0.5) is 10.5 Å². The Morgan fingerprint density at radius 3 is 2.51 bits per heavy atom. The van der Waals surface area contributed by atoms with E-state index >= 15 is 0 Å². The molecule has 1 amide bonds. The Morgan fingerprint density at radius 1 is 1.18 bits per heavy atom. The Kier molecular flexibility index (Phi) is 8.28. The van der Waals surface area contributed by atoms with Gasteiger partial charge in [0.1, 0.15) is 17.5 Å². The molecule has 10 heteroatoms. The van der Waals surface area contributed by atoms with E-state index in [0.29, 0.717) is 37.1 Å². The summed E-state index contributed by atoms with van der Waals surface area (Å²) >= 11 is 6.63. The molecule has 1 unspecified atom stereocenters. The lowest BCUT2D eigenvalue weighted by atomic mass is 9.97. The number of aliphatic hydroxyl groups is 1. The number of nitrogens with zero attached hydrogens (tertiary/aromatic N) is 3. The average molecular weight is 552 g/mol. The zero-order chi connectivity index (χ0) is 28.3. The first kappa shape index (κ1) is 28.1. The number of carbonyl (C=O) groups excluding carboxylic acids is 1. The normalized spacial score (nSPS) is 15.0. The average Bonchev–Trinajstić information content (AvgIpc) is 2.89. The number of hydrogen-bond acceptors (Lipinski definition) is 7. The SMILES string of the molecule is CC(C)(C)OC(=O)N1CCC(Oc2ccc([N+](=O)[O-])c(CC(O)c3ccc4ccc(C#N)cc4c3)c2Cl)CC1. The quantitative estimate of drug-likeness (QED) is 0.280. The third-order valence-electron chi connectivity index (χ3n) is 6.54. The number of benzene rings is 3. The zero-order valence-electron chi connectivity index (χ0n) is 22.0. The van der Waals surface area contributed by atoms with Gasteiger partial charge in [-0.05, 0) is 61.4 Å². The van der Waals surface area contributed by atoms with Gasteiger partial charge in [0.05, 0.1) is 33.2 Å². The minimum atomic E-state index is -1.08. The van der Waals surface area contributed by atoms with E-state index in [1.54, 1.807) is 29.2 Å². The number of carbonyl (C=O) groups is 1. The van der Waals surface area contributed by atoms with Gasteiger partial charge >= 0.3 is 6.09 Å². The minimum Gasteiger partial charge on any atom is -0.489 e. The van der Waals surface area contributed by atoms with Crippen LogP contribution in [0.2, 0.25) is 5.02 Å². The summed E-state index contributed by atoms with van der Waals surface area (Å²) in [5.74, 6) is 0.289. The first-order valence-corrected chi connectivity index (χ1v) is 13.0. The van der Waals surface area contributed by atoms with E-state index in [1.807, 2.05) is 32.9 Å². The second-order valence-electron chi connectivity index (χ2n) is 10.6. The van der Waals surface area contributed by atoms with Crippen LogP contribution in [0.1, 0.15) is 56.4 Å². The molecule has 1 N–H and O–H groups in total. The van der Waals surface area contributed by atoms with E-state index in [0.717, 1.165) is 10.8 Å². The minimum absolute atomic E-state index is 0.0744. The fourth-order valence-corrected chi connectivity index (χ4v) is 4.84. The van der Waals surface area contributed by atoms with Gasteiger partial charge in [-0.1, -0.05) is 29.8 Å². The lowest BCUT2D eigenvalue weighted by Crippen LogP contribution is -2.44. The summed E-state index contributed by atoms with van der Waals surface area (Å²) in [5.41, 5.74) is 0.421. The molecule has 0 aromatic heterocycles. The predicted molar refractivity (Wildman–Crippen MR) is 147 cm³/mol. The molecule has 204 valence electrons. The monoisotopic (exact) mass is 551 g/mol. The van der Waals surface area contributed by atoms with Crippen LogP contribution in [-0.4, -0.2) is 45.8 Å². The molecular formula is C29H30ClN3O6. The van der Waals surface area contributed by atoms with Crippen molar-refractivity contribution in [2.45, 2.75) is 57.8 Å². The Bertz CT molecular complexity index is 1440. The number of halogens is 1. The van der Waals surface area contributed by atoms with Crippen molar-refractivity contribution < 1.29 is 24.3 Å². The third kappa shape index (κ3) is 6.77. The van der Waals surface area contributed by atoms with Crippen molar-refractivity contribution in [3.63, 3.8) is 0 Å². The van der Waals surface area contributed by atoms with Crippen molar-refractivity contribution in [3.8, 4) is 11.8 Å². The number of piperidine rings is 1. The van der Waals surface area contributed by atoms with Crippen LogP contribution in [0.15, 0.2) is 48.5 Å². The molecule has 1 aliphatic rings. The van der Waals surface area contributed by atoms with Crippen LogP contribution in [0.25, 0.3) is 10.8 Å². The molecule has 1 heterocycles. The van der Waals surface area contributed by atoms with Crippen molar-refractivity contribution in [1.29, 1.82) is 5.26 Å². The molecule has 0 bridgehead atoms. The molecular weight excluding hydrogens is 522 g/mol. The lowest BCUT2D eigenvalue weighted by Gasteiger charge is -2.33. The molecule has 1 aliphatic heterocycles. The van der Waals surface area contributed by atoms with Gasteiger partial charge in [-0.25, -0.2) is 4.79 Å². The fraction of sp³-hybridized carbons (Fsp3) is 0.379. The van der Waals surface area contributed by atoms with E-state index in [1.165, 1.54) is 12.1 Å². The van der Waals surface area contributed by atoms with Crippen LogP contribution < -0.4 is 4.74 Å². The van der Waals surface area contributed by atoms with Crippen LogP contribution in [0, 0.1) is 21.4 Å². The first-order valence-electron chi connectivity index (χ1n) is 12.7. The number of nitro benzene ring substituents is 1. The Labute approximate surface area is 231 Å². The van der Waals surface area contributed by atoms with Gasteiger partial charge in [-0.15, -0.1) is 0 Å². The fourth-order valence-electron chi connectivity index (χ4n) is 4.56. The Morgan fingerprint density at radius 2 is 1.87 bits per heavy atom. The molecule has 3 aromatic rings. The first-order chi connectivity index (χ1) is 18.4. The van der Waals surface area contributed by atoms with Crippen LogP contribution in [-0.2, 0) is 11.2 Å². The maximum absolute atomic E-state index is 12.3. The summed E-state index contributed by atoms with van der Waals surface area (Å²) in [7, 11) is 0. The molecule has 9 nitrogen and oxygen atoms in total. The van der Waals surface area contributed by atoms with Crippen molar-refractivity contribution in [3.05, 3.63) is 80.4 Å². The maximum Gasteiger partial charge on any atom is 0.410 e. The van der Waals surface area contributed by atoms with E-state index in [4.69, 9.17) is 21.1 Å². The summed E-state index contributed by atoms with van der Waals surface area (Å²) in [6.45, 7) is 6.35. The van der Waals surface area contributed by atoms with Crippen molar-refractivity contribution in [2.75, 3.05) is 13.1 Å². The van der Waals surface area contributed by atoms with Gasteiger partial charge < -0.3 is 19.5 Å². The third-order valence-corrected chi connectivity index (χ3v) is 6.96. The summed E-state index contributed by atoms with van der Waals surface area (Å²) in [6.07, 6.45) is -0.701. The van der Waals surface area contributed by atoms with Crippen LogP contribution in [0.5, 0.6) is 5.75 Å². The van der Waals surface area contributed by atoms with E-state index in [2.05, 4.69) is 6.07 Å².